The minimum absolute atomic E-state index is 0.240. The summed E-state index contributed by atoms with van der Waals surface area (Å²) in [5.41, 5.74) is 1.16. The summed E-state index contributed by atoms with van der Waals surface area (Å²) in [7, 11) is 3.55. The number of benzene rings is 1. The molecule has 0 aliphatic carbocycles. The Morgan fingerprint density at radius 3 is 2.70 bits per heavy atom. The molecule has 5 heteroatoms. The fraction of sp³-hybridized carbons (Fsp3) is 0.533. The molecular weight excluding hydrogens is 254 g/mol. The van der Waals surface area contributed by atoms with E-state index in [9.17, 15) is 4.79 Å². The van der Waals surface area contributed by atoms with Gasteiger partial charge in [0.05, 0.1) is 7.11 Å². The topological polar surface area (TPSA) is 44.8 Å². The molecule has 0 unspecified atom stereocenters. The first-order chi connectivity index (χ1) is 9.74. The van der Waals surface area contributed by atoms with Gasteiger partial charge in [-0.2, -0.15) is 0 Å². The first-order valence-corrected chi connectivity index (χ1v) is 7.06. The van der Waals surface area contributed by atoms with E-state index in [-0.39, 0.29) is 5.91 Å². The lowest BCUT2D eigenvalue weighted by Crippen LogP contribution is -2.49. The number of anilines is 1. The van der Waals surface area contributed by atoms with E-state index < -0.39 is 0 Å². The van der Waals surface area contributed by atoms with Crippen LogP contribution in [0.1, 0.15) is 6.42 Å². The molecular formula is C15H23N3O2. The highest BCUT2D eigenvalue weighted by atomic mass is 16.5. The predicted octanol–water partition coefficient (Wildman–Crippen LogP) is 0.953. The lowest BCUT2D eigenvalue weighted by molar-refractivity contribution is -0.131. The average molecular weight is 277 g/mol. The lowest BCUT2D eigenvalue weighted by Gasteiger charge is -2.36. The number of piperazine rings is 1. The third-order valence-corrected chi connectivity index (χ3v) is 3.64. The monoisotopic (exact) mass is 277 g/mol. The Labute approximate surface area is 120 Å². The van der Waals surface area contributed by atoms with Crippen LogP contribution >= 0.6 is 0 Å². The van der Waals surface area contributed by atoms with Crippen molar-refractivity contribution in [1.29, 1.82) is 0 Å². The Bertz CT molecular complexity index is 442. The number of methoxy groups -OCH3 is 1. The zero-order valence-electron chi connectivity index (χ0n) is 12.3. The van der Waals surface area contributed by atoms with E-state index in [0.717, 1.165) is 44.2 Å². The van der Waals surface area contributed by atoms with E-state index in [4.69, 9.17) is 4.74 Å². The quantitative estimate of drug-likeness (QED) is 0.870. The fourth-order valence-electron chi connectivity index (χ4n) is 2.41. The zero-order chi connectivity index (χ0) is 14.4. The van der Waals surface area contributed by atoms with E-state index in [1.54, 1.807) is 7.11 Å². The van der Waals surface area contributed by atoms with Gasteiger partial charge >= 0.3 is 0 Å². The second-order valence-electron chi connectivity index (χ2n) is 4.92. The van der Waals surface area contributed by atoms with Crippen LogP contribution in [-0.2, 0) is 4.79 Å². The SMILES string of the molecule is CNCCC(=O)N1CCN(c2cccc(OC)c2)CC1. The van der Waals surface area contributed by atoms with Crippen molar-refractivity contribution in [1.82, 2.24) is 10.2 Å². The predicted molar refractivity (Wildman–Crippen MR) is 80.3 cm³/mol. The van der Waals surface area contributed by atoms with Gasteiger partial charge in [-0.05, 0) is 19.2 Å². The minimum Gasteiger partial charge on any atom is -0.497 e. The molecule has 0 radical (unpaired) electrons. The Morgan fingerprint density at radius 2 is 2.05 bits per heavy atom. The number of carbonyl (C=O) groups excluding carboxylic acids is 1. The molecule has 1 aromatic carbocycles. The third kappa shape index (κ3) is 3.63. The summed E-state index contributed by atoms with van der Waals surface area (Å²) in [5, 5.41) is 3.01. The summed E-state index contributed by atoms with van der Waals surface area (Å²) in [6.45, 7) is 4.07. The van der Waals surface area contributed by atoms with Crippen molar-refractivity contribution in [3.63, 3.8) is 0 Å². The zero-order valence-corrected chi connectivity index (χ0v) is 12.3. The van der Waals surface area contributed by atoms with E-state index in [2.05, 4.69) is 16.3 Å². The minimum atomic E-state index is 0.240. The molecule has 1 aliphatic rings. The van der Waals surface area contributed by atoms with Gasteiger partial charge in [-0.3, -0.25) is 4.79 Å². The van der Waals surface area contributed by atoms with Crippen LogP contribution in [0.3, 0.4) is 0 Å². The largest absolute Gasteiger partial charge is 0.497 e. The van der Waals surface area contributed by atoms with Gasteiger partial charge in [0.25, 0.3) is 0 Å². The molecule has 110 valence electrons. The number of amides is 1. The van der Waals surface area contributed by atoms with Crippen LogP contribution in [0.2, 0.25) is 0 Å². The summed E-state index contributed by atoms with van der Waals surface area (Å²) in [4.78, 5) is 16.2. The molecule has 1 saturated heterocycles. The van der Waals surface area contributed by atoms with E-state index in [1.807, 2.05) is 30.1 Å². The van der Waals surface area contributed by atoms with Gasteiger partial charge in [0.15, 0.2) is 0 Å². The van der Waals surface area contributed by atoms with Crippen molar-refractivity contribution in [3.8, 4) is 5.75 Å². The summed E-state index contributed by atoms with van der Waals surface area (Å²) in [6.07, 6.45) is 0.579. The maximum absolute atomic E-state index is 11.9. The van der Waals surface area contributed by atoms with Gasteiger partial charge in [-0.15, -0.1) is 0 Å². The normalized spacial score (nSPS) is 15.3. The second-order valence-corrected chi connectivity index (χ2v) is 4.92. The molecule has 0 saturated carbocycles. The molecule has 0 spiro atoms. The smallest absolute Gasteiger partial charge is 0.223 e. The fourth-order valence-corrected chi connectivity index (χ4v) is 2.41. The first kappa shape index (κ1) is 14.7. The third-order valence-electron chi connectivity index (χ3n) is 3.64. The maximum Gasteiger partial charge on any atom is 0.223 e. The molecule has 0 atom stereocenters. The van der Waals surface area contributed by atoms with E-state index >= 15 is 0 Å². The highest BCUT2D eigenvalue weighted by Gasteiger charge is 2.20. The second kappa shape index (κ2) is 7.14. The molecule has 1 aliphatic heterocycles. The maximum atomic E-state index is 11.9. The lowest BCUT2D eigenvalue weighted by atomic mass is 10.2. The molecule has 0 aromatic heterocycles. The van der Waals surface area contributed by atoms with E-state index in [1.165, 1.54) is 0 Å². The Kier molecular flexibility index (Phi) is 5.24. The standard InChI is InChI=1S/C15H23N3O2/c1-16-7-6-15(19)18-10-8-17(9-11-18)13-4-3-5-14(12-13)20-2/h3-5,12,16H,6-11H2,1-2H3. The molecule has 0 bridgehead atoms. The Balaban J connectivity index is 1.88. The van der Waals surface area contributed by atoms with Gasteiger partial charge in [-0.1, -0.05) is 6.07 Å². The van der Waals surface area contributed by atoms with E-state index in [0.29, 0.717) is 6.42 Å². The van der Waals surface area contributed by atoms with Crippen LogP contribution in [0.4, 0.5) is 5.69 Å². The van der Waals surface area contributed by atoms with Gasteiger partial charge in [-0.25, -0.2) is 0 Å². The van der Waals surface area contributed by atoms with Crippen molar-refractivity contribution in [2.75, 3.05) is 51.8 Å². The van der Waals surface area contributed by atoms with Crippen molar-refractivity contribution in [2.45, 2.75) is 6.42 Å². The van der Waals surface area contributed by atoms with Crippen LogP contribution in [0.5, 0.6) is 5.75 Å². The van der Waals surface area contributed by atoms with Crippen molar-refractivity contribution in [3.05, 3.63) is 24.3 Å². The number of rotatable bonds is 5. The molecule has 1 aromatic rings. The van der Waals surface area contributed by atoms with Crippen molar-refractivity contribution in [2.24, 2.45) is 0 Å². The number of hydrogen-bond acceptors (Lipinski definition) is 4. The number of hydrogen-bond donors (Lipinski definition) is 1. The molecule has 2 rings (SSSR count). The molecule has 20 heavy (non-hydrogen) atoms. The Hall–Kier alpha value is -1.75. The van der Waals surface area contributed by atoms with Crippen LogP contribution in [0.15, 0.2) is 24.3 Å². The van der Waals surface area contributed by atoms with Gasteiger partial charge < -0.3 is 19.9 Å². The number of nitrogens with zero attached hydrogens (tertiary/aromatic N) is 2. The van der Waals surface area contributed by atoms with Crippen LogP contribution in [-0.4, -0.2) is 57.7 Å². The first-order valence-electron chi connectivity index (χ1n) is 7.06. The van der Waals surface area contributed by atoms with Gasteiger partial charge in [0.1, 0.15) is 5.75 Å². The highest BCUT2D eigenvalue weighted by molar-refractivity contribution is 5.76. The molecule has 1 amide bonds. The summed E-state index contributed by atoms with van der Waals surface area (Å²) < 4.78 is 5.25. The number of nitrogens with one attached hydrogen (secondary N) is 1. The van der Waals surface area contributed by atoms with Gasteiger partial charge in [0.2, 0.25) is 5.91 Å². The van der Waals surface area contributed by atoms with Crippen LogP contribution < -0.4 is 15.0 Å². The summed E-state index contributed by atoms with van der Waals surface area (Å²) in [5.74, 6) is 1.11. The Morgan fingerprint density at radius 1 is 1.30 bits per heavy atom. The molecule has 1 fully saturated rings. The molecule has 1 heterocycles. The molecule has 1 N–H and O–H groups in total. The highest BCUT2D eigenvalue weighted by Crippen LogP contribution is 2.22. The number of carbonyl (C=O) groups is 1. The van der Waals surface area contributed by atoms with Crippen LogP contribution in [0.25, 0.3) is 0 Å². The van der Waals surface area contributed by atoms with Gasteiger partial charge in [0, 0.05) is 50.9 Å². The average Bonchev–Trinajstić information content (AvgIpc) is 2.52. The number of ether oxygens (including phenoxy) is 1. The molecule has 5 nitrogen and oxygen atoms in total. The summed E-state index contributed by atoms with van der Waals surface area (Å²) in [6, 6.07) is 8.07. The van der Waals surface area contributed by atoms with Crippen molar-refractivity contribution < 1.29 is 9.53 Å². The summed E-state index contributed by atoms with van der Waals surface area (Å²) >= 11 is 0. The van der Waals surface area contributed by atoms with Crippen LogP contribution in [0, 0.1) is 0 Å². The van der Waals surface area contributed by atoms with Crippen molar-refractivity contribution >= 4 is 11.6 Å².